The van der Waals surface area contributed by atoms with Gasteiger partial charge in [-0.2, -0.15) is 0 Å². The van der Waals surface area contributed by atoms with Crippen LogP contribution < -0.4 is 16.6 Å². The summed E-state index contributed by atoms with van der Waals surface area (Å²) in [6, 6.07) is 5.66. The van der Waals surface area contributed by atoms with Crippen molar-refractivity contribution in [2.75, 3.05) is 11.1 Å². The second kappa shape index (κ2) is 8.94. The average molecular weight is 476 g/mol. The maximum atomic E-state index is 14.7. The summed E-state index contributed by atoms with van der Waals surface area (Å²) in [6.45, 7) is 1.84. The first-order valence-corrected chi connectivity index (χ1v) is 11.6. The van der Waals surface area contributed by atoms with Crippen LogP contribution in [0.15, 0.2) is 41.5 Å². The highest BCUT2D eigenvalue weighted by atomic mass is 19.1. The SMILES string of the molecule is CC(Nc1ncnc(N)c1C(=N)c1ccc(O)cc1)c1nc2c(c(=O)n1C1CCC1)C(F)CC=C2. The number of nitrogens with zero attached hydrogens (tertiary/aromatic N) is 4. The van der Waals surface area contributed by atoms with E-state index in [0.717, 1.165) is 19.3 Å². The van der Waals surface area contributed by atoms with Crippen molar-refractivity contribution in [3.63, 3.8) is 0 Å². The zero-order chi connectivity index (χ0) is 24.7. The summed E-state index contributed by atoms with van der Waals surface area (Å²) in [5.41, 5.74) is 7.18. The number of fused-ring (bicyclic) bond motifs is 1. The maximum Gasteiger partial charge on any atom is 0.260 e. The van der Waals surface area contributed by atoms with E-state index in [0.29, 0.717) is 28.5 Å². The molecule has 3 aromatic rings. The second-order valence-electron chi connectivity index (χ2n) is 8.90. The highest BCUT2D eigenvalue weighted by Crippen LogP contribution is 2.36. The van der Waals surface area contributed by atoms with Crippen LogP contribution in [0.25, 0.3) is 6.08 Å². The Morgan fingerprint density at radius 2 is 2.03 bits per heavy atom. The van der Waals surface area contributed by atoms with Crippen LogP contribution in [-0.4, -0.2) is 30.3 Å². The molecule has 1 aromatic carbocycles. The van der Waals surface area contributed by atoms with E-state index < -0.39 is 12.2 Å². The second-order valence-corrected chi connectivity index (χ2v) is 8.90. The Balaban J connectivity index is 1.55. The lowest BCUT2D eigenvalue weighted by atomic mass is 9.91. The van der Waals surface area contributed by atoms with E-state index in [1.54, 1.807) is 28.9 Å². The van der Waals surface area contributed by atoms with Crippen molar-refractivity contribution < 1.29 is 9.50 Å². The first-order valence-electron chi connectivity index (χ1n) is 11.6. The first-order chi connectivity index (χ1) is 16.8. The number of benzene rings is 1. The number of aromatic nitrogens is 4. The van der Waals surface area contributed by atoms with Gasteiger partial charge >= 0.3 is 0 Å². The molecule has 2 unspecified atom stereocenters. The van der Waals surface area contributed by atoms with Crippen molar-refractivity contribution >= 4 is 23.4 Å². The van der Waals surface area contributed by atoms with Gasteiger partial charge in [0.15, 0.2) is 0 Å². The van der Waals surface area contributed by atoms with Gasteiger partial charge in [0.05, 0.1) is 28.6 Å². The normalized spacial score (nSPS) is 17.9. The number of aromatic hydroxyl groups is 1. The van der Waals surface area contributed by atoms with Crippen LogP contribution in [0, 0.1) is 5.41 Å². The standard InChI is InChI=1S/C25H26FN7O2/c1-13(24-32-18-7-3-6-17(26)19(18)25(35)33(24)15-4-2-5-15)31-23-20(22(28)29-12-30-23)21(27)14-8-10-16(34)11-9-14/h3,7-13,15,17,27,34H,2,4-6H2,1H3,(H3,28,29,30,31). The lowest BCUT2D eigenvalue weighted by Crippen LogP contribution is -2.38. The van der Waals surface area contributed by atoms with E-state index >= 15 is 0 Å². The topological polar surface area (TPSA) is 143 Å². The van der Waals surface area contributed by atoms with Gasteiger partial charge in [-0.05, 0) is 56.5 Å². The Bertz CT molecular complexity index is 1380. The third-order valence-corrected chi connectivity index (χ3v) is 6.60. The molecule has 0 bridgehead atoms. The van der Waals surface area contributed by atoms with Crippen molar-refractivity contribution in [1.82, 2.24) is 19.5 Å². The summed E-state index contributed by atoms with van der Waals surface area (Å²) in [7, 11) is 0. The number of nitrogen functional groups attached to an aromatic ring is 1. The molecule has 35 heavy (non-hydrogen) atoms. The van der Waals surface area contributed by atoms with Crippen molar-refractivity contribution in [2.45, 2.75) is 50.9 Å². The zero-order valence-electron chi connectivity index (χ0n) is 19.2. The van der Waals surface area contributed by atoms with Gasteiger partial charge in [0.2, 0.25) is 0 Å². The first kappa shape index (κ1) is 22.7. The molecular formula is C25H26FN7O2. The Labute approximate surface area is 201 Å². The molecule has 2 aliphatic carbocycles. The molecule has 2 atom stereocenters. The van der Waals surface area contributed by atoms with Crippen LogP contribution in [-0.2, 0) is 0 Å². The molecule has 0 aliphatic heterocycles. The fourth-order valence-corrected chi connectivity index (χ4v) is 4.52. The summed E-state index contributed by atoms with van der Waals surface area (Å²) < 4.78 is 16.3. The fourth-order valence-electron chi connectivity index (χ4n) is 4.52. The number of rotatable bonds is 6. The Kier molecular flexibility index (Phi) is 5.80. The monoisotopic (exact) mass is 475 g/mol. The molecule has 2 aromatic heterocycles. The van der Waals surface area contributed by atoms with Crippen LogP contribution in [0.3, 0.4) is 0 Å². The minimum Gasteiger partial charge on any atom is -0.508 e. The average Bonchev–Trinajstić information content (AvgIpc) is 2.79. The number of anilines is 2. The quantitative estimate of drug-likeness (QED) is 0.394. The van der Waals surface area contributed by atoms with Gasteiger partial charge in [-0.1, -0.05) is 6.08 Å². The third kappa shape index (κ3) is 4.05. The maximum absolute atomic E-state index is 14.7. The summed E-state index contributed by atoms with van der Waals surface area (Å²) in [6.07, 6.45) is 6.18. The van der Waals surface area contributed by atoms with Crippen LogP contribution in [0.1, 0.15) is 79.1 Å². The molecule has 5 N–H and O–H groups in total. The summed E-state index contributed by atoms with van der Waals surface area (Å²) >= 11 is 0. The molecule has 0 saturated heterocycles. The van der Waals surface area contributed by atoms with Crippen LogP contribution in [0.5, 0.6) is 5.75 Å². The molecule has 5 rings (SSSR count). The fraction of sp³-hybridized carbons (Fsp3) is 0.320. The molecule has 10 heteroatoms. The van der Waals surface area contributed by atoms with Crippen molar-refractivity contribution in [2.24, 2.45) is 0 Å². The number of allylic oxidation sites excluding steroid dienone is 1. The number of phenolic OH excluding ortho intramolecular Hbond substituents is 1. The lowest BCUT2D eigenvalue weighted by Gasteiger charge is -2.33. The third-order valence-electron chi connectivity index (χ3n) is 6.60. The smallest absolute Gasteiger partial charge is 0.260 e. The van der Waals surface area contributed by atoms with E-state index in [-0.39, 0.29) is 40.9 Å². The van der Waals surface area contributed by atoms with Gasteiger partial charge < -0.3 is 16.2 Å². The molecule has 9 nitrogen and oxygen atoms in total. The molecule has 1 saturated carbocycles. The van der Waals surface area contributed by atoms with E-state index in [9.17, 15) is 14.3 Å². The van der Waals surface area contributed by atoms with Gasteiger partial charge in [0.1, 0.15) is 35.7 Å². The zero-order valence-corrected chi connectivity index (χ0v) is 19.2. The Morgan fingerprint density at radius 3 is 2.71 bits per heavy atom. The molecule has 1 fully saturated rings. The minimum absolute atomic E-state index is 0.0251. The highest BCUT2D eigenvalue weighted by Gasteiger charge is 2.32. The molecule has 2 aliphatic rings. The summed E-state index contributed by atoms with van der Waals surface area (Å²) in [5, 5.41) is 21.5. The largest absolute Gasteiger partial charge is 0.508 e. The predicted octanol–water partition coefficient (Wildman–Crippen LogP) is 4.06. The summed E-state index contributed by atoms with van der Waals surface area (Å²) in [4.78, 5) is 26.5. The number of halogens is 1. The van der Waals surface area contributed by atoms with Crippen LogP contribution in [0.2, 0.25) is 0 Å². The minimum atomic E-state index is -1.36. The van der Waals surface area contributed by atoms with E-state index in [1.807, 2.05) is 6.92 Å². The number of hydrogen-bond donors (Lipinski definition) is 4. The lowest BCUT2D eigenvalue weighted by molar-refractivity contribution is 0.282. The van der Waals surface area contributed by atoms with E-state index in [4.69, 9.17) is 16.1 Å². The molecule has 0 amide bonds. The van der Waals surface area contributed by atoms with Gasteiger partial charge in [0.25, 0.3) is 5.56 Å². The van der Waals surface area contributed by atoms with Crippen molar-refractivity contribution in [1.29, 1.82) is 5.41 Å². The number of alkyl halides is 1. The number of nitrogens with two attached hydrogens (primary N) is 1. The van der Waals surface area contributed by atoms with Crippen LogP contribution in [0.4, 0.5) is 16.0 Å². The highest BCUT2D eigenvalue weighted by molar-refractivity contribution is 6.16. The number of nitrogens with one attached hydrogen (secondary N) is 2. The molecule has 180 valence electrons. The molecular weight excluding hydrogens is 449 g/mol. The molecule has 0 spiro atoms. The van der Waals surface area contributed by atoms with Crippen molar-refractivity contribution in [3.8, 4) is 5.75 Å². The Hall–Kier alpha value is -4.08. The molecule has 2 heterocycles. The van der Waals surface area contributed by atoms with E-state index in [2.05, 4.69) is 15.3 Å². The Morgan fingerprint density at radius 1 is 1.29 bits per heavy atom. The van der Waals surface area contributed by atoms with Gasteiger partial charge in [-0.25, -0.2) is 19.3 Å². The van der Waals surface area contributed by atoms with Crippen LogP contribution >= 0.6 is 0 Å². The van der Waals surface area contributed by atoms with E-state index in [1.165, 1.54) is 18.5 Å². The van der Waals surface area contributed by atoms with Gasteiger partial charge in [-0.3, -0.25) is 14.8 Å². The summed E-state index contributed by atoms with van der Waals surface area (Å²) in [5.74, 6) is 0.999. The van der Waals surface area contributed by atoms with Crippen molar-refractivity contribution in [3.05, 3.63) is 75.2 Å². The predicted molar refractivity (Wildman–Crippen MR) is 131 cm³/mol. The number of phenols is 1. The van der Waals surface area contributed by atoms with Gasteiger partial charge in [0, 0.05) is 18.0 Å². The number of hydrogen-bond acceptors (Lipinski definition) is 8. The molecule has 0 radical (unpaired) electrons. The van der Waals surface area contributed by atoms with Gasteiger partial charge in [-0.15, -0.1) is 0 Å².